The van der Waals surface area contributed by atoms with Crippen molar-refractivity contribution in [1.82, 2.24) is 4.72 Å². The Kier molecular flexibility index (Phi) is 4.45. The van der Waals surface area contributed by atoms with Crippen molar-refractivity contribution in [1.29, 1.82) is 5.26 Å². The van der Waals surface area contributed by atoms with Gasteiger partial charge >= 0.3 is 0 Å². The second-order valence-electron chi connectivity index (χ2n) is 5.14. The Hall–Kier alpha value is -1.71. The van der Waals surface area contributed by atoms with Gasteiger partial charge in [-0.15, -0.1) is 0 Å². The van der Waals surface area contributed by atoms with E-state index in [1.807, 2.05) is 6.07 Å². The Balaban J connectivity index is 2.88. The zero-order valence-corrected chi connectivity index (χ0v) is 11.9. The molecule has 0 fully saturated rings. The van der Waals surface area contributed by atoms with Gasteiger partial charge in [0.25, 0.3) is 0 Å². The maximum absolute atomic E-state index is 12.0. The molecular formula is C13H16N2O3S. The predicted molar refractivity (Wildman–Crippen MR) is 70.8 cm³/mol. The molecule has 0 atom stereocenters. The molecule has 0 saturated carbocycles. The van der Waals surface area contributed by atoms with Crippen LogP contribution >= 0.6 is 0 Å². The number of benzene rings is 1. The third kappa shape index (κ3) is 4.16. The molecular weight excluding hydrogens is 264 g/mol. The fourth-order valence-corrected chi connectivity index (χ4v) is 2.27. The maximum Gasteiger partial charge on any atom is 0.241 e. The molecule has 0 unspecified atom stereocenters. The van der Waals surface area contributed by atoms with Gasteiger partial charge in [0.05, 0.1) is 23.1 Å². The molecule has 0 radical (unpaired) electrons. The lowest BCUT2D eigenvalue weighted by Gasteiger charge is -2.16. The highest BCUT2D eigenvalue weighted by atomic mass is 32.2. The zero-order chi connectivity index (χ0) is 14.7. The summed E-state index contributed by atoms with van der Waals surface area (Å²) in [6, 6.07) is 7.51. The molecule has 0 heterocycles. The van der Waals surface area contributed by atoms with Crippen LogP contribution in [0.4, 0.5) is 0 Å². The number of sulfonamides is 1. The molecule has 0 aliphatic heterocycles. The molecule has 0 amide bonds. The van der Waals surface area contributed by atoms with Gasteiger partial charge < -0.3 is 0 Å². The number of nitrogens with zero attached hydrogens (tertiary/aromatic N) is 1. The van der Waals surface area contributed by atoms with Gasteiger partial charge in [-0.3, -0.25) is 4.79 Å². The normalized spacial score (nSPS) is 11.9. The van der Waals surface area contributed by atoms with E-state index in [0.29, 0.717) is 0 Å². The summed E-state index contributed by atoms with van der Waals surface area (Å²) < 4.78 is 26.2. The molecule has 0 aliphatic carbocycles. The molecule has 6 heteroatoms. The van der Waals surface area contributed by atoms with Gasteiger partial charge in [0.15, 0.2) is 5.78 Å². The predicted octanol–water partition coefficient (Wildman–Crippen LogP) is 1.45. The number of hydrogen-bond donors (Lipinski definition) is 1. The molecule has 102 valence electrons. The Morgan fingerprint density at radius 1 is 1.37 bits per heavy atom. The van der Waals surface area contributed by atoms with E-state index in [0.717, 1.165) is 0 Å². The fourth-order valence-electron chi connectivity index (χ4n) is 1.24. The maximum atomic E-state index is 12.0. The summed E-state index contributed by atoms with van der Waals surface area (Å²) in [7, 11) is -3.77. The number of nitrogens with one attached hydrogen (secondary N) is 1. The highest BCUT2D eigenvalue weighted by Gasteiger charge is 2.23. The lowest BCUT2D eigenvalue weighted by molar-refractivity contribution is -0.125. The van der Waals surface area contributed by atoms with E-state index >= 15 is 0 Å². The zero-order valence-electron chi connectivity index (χ0n) is 11.1. The van der Waals surface area contributed by atoms with Gasteiger partial charge in [0, 0.05) is 5.41 Å². The smallest absolute Gasteiger partial charge is 0.241 e. The summed E-state index contributed by atoms with van der Waals surface area (Å²) in [5.74, 6) is -0.201. The molecule has 1 aromatic carbocycles. The van der Waals surface area contributed by atoms with Gasteiger partial charge in [-0.25, -0.2) is 13.1 Å². The fraction of sp³-hybridized carbons (Fsp3) is 0.385. The van der Waals surface area contributed by atoms with Crippen molar-refractivity contribution < 1.29 is 13.2 Å². The van der Waals surface area contributed by atoms with Gasteiger partial charge in [0.2, 0.25) is 10.0 Å². The van der Waals surface area contributed by atoms with Crippen LogP contribution in [0, 0.1) is 16.7 Å². The molecule has 1 N–H and O–H groups in total. The summed E-state index contributed by atoms with van der Waals surface area (Å²) >= 11 is 0. The van der Waals surface area contributed by atoms with Crippen molar-refractivity contribution in [2.24, 2.45) is 5.41 Å². The minimum atomic E-state index is -3.77. The van der Waals surface area contributed by atoms with E-state index in [9.17, 15) is 13.2 Å². The van der Waals surface area contributed by atoms with Crippen molar-refractivity contribution in [3.63, 3.8) is 0 Å². The first kappa shape index (κ1) is 15.3. The van der Waals surface area contributed by atoms with Gasteiger partial charge in [-0.2, -0.15) is 5.26 Å². The van der Waals surface area contributed by atoms with E-state index in [1.165, 1.54) is 24.3 Å². The topological polar surface area (TPSA) is 87.0 Å². The van der Waals surface area contributed by atoms with Crippen molar-refractivity contribution >= 4 is 15.8 Å². The van der Waals surface area contributed by atoms with Crippen molar-refractivity contribution in [2.45, 2.75) is 25.7 Å². The average molecular weight is 280 g/mol. The van der Waals surface area contributed by atoms with E-state index in [4.69, 9.17) is 5.26 Å². The molecule has 0 spiro atoms. The van der Waals surface area contributed by atoms with E-state index in [1.54, 1.807) is 20.8 Å². The van der Waals surface area contributed by atoms with Crippen LogP contribution in [0.3, 0.4) is 0 Å². The second kappa shape index (κ2) is 5.51. The minimum Gasteiger partial charge on any atom is -0.298 e. The number of rotatable bonds is 4. The third-order valence-electron chi connectivity index (χ3n) is 2.53. The standard InChI is InChI=1S/C13H16N2O3S/c1-13(2,3)12(16)9-15-19(17,18)11-6-4-5-10(7-11)8-14/h4-7,15H,9H2,1-3H3. The summed E-state index contributed by atoms with van der Waals surface area (Å²) in [5, 5.41) is 8.73. The van der Waals surface area contributed by atoms with Crippen LogP contribution in [0.5, 0.6) is 0 Å². The van der Waals surface area contributed by atoms with Crippen molar-refractivity contribution in [3.8, 4) is 6.07 Å². The van der Waals surface area contributed by atoms with Crippen LogP contribution < -0.4 is 4.72 Å². The monoisotopic (exact) mass is 280 g/mol. The molecule has 0 saturated heterocycles. The van der Waals surface area contributed by atoms with Crippen molar-refractivity contribution in [3.05, 3.63) is 29.8 Å². The van der Waals surface area contributed by atoms with E-state index in [-0.39, 0.29) is 22.8 Å². The van der Waals surface area contributed by atoms with Crippen LogP contribution in [0.2, 0.25) is 0 Å². The van der Waals surface area contributed by atoms with Crippen LogP contribution in [-0.2, 0) is 14.8 Å². The van der Waals surface area contributed by atoms with Crippen LogP contribution in [0.15, 0.2) is 29.2 Å². The van der Waals surface area contributed by atoms with Gasteiger partial charge in [0.1, 0.15) is 0 Å². The Bertz CT molecular complexity index is 622. The Morgan fingerprint density at radius 2 is 2.00 bits per heavy atom. The molecule has 0 aliphatic rings. The van der Waals surface area contributed by atoms with Crippen LogP contribution in [0.1, 0.15) is 26.3 Å². The first-order valence-corrected chi connectivity index (χ1v) is 7.18. The lowest BCUT2D eigenvalue weighted by Crippen LogP contribution is -2.35. The molecule has 19 heavy (non-hydrogen) atoms. The van der Waals surface area contributed by atoms with Crippen molar-refractivity contribution in [2.75, 3.05) is 6.54 Å². The second-order valence-corrected chi connectivity index (χ2v) is 6.90. The van der Waals surface area contributed by atoms with E-state index in [2.05, 4.69) is 4.72 Å². The number of ketones is 1. The molecule has 0 aromatic heterocycles. The van der Waals surface area contributed by atoms with Crippen LogP contribution in [-0.4, -0.2) is 20.7 Å². The summed E-state index contributed by atoms with van der Waals surface area (Å²) in [6.07, 6.45) is 0. The van der Waals surface area contributed by atoms with Crippen LogP contribution in [0.25, 0.3) is 0 Å². The summed E-state index contributed by atoms with van der Waals surface area (Å²) in [6.45, 7) is 4.91. The summed E-state index contributed by atoms with van der Waals surface area (Å²) in [4.78, 5) is 11.7. The first-order valence-electron chi connectivity index (χ1n) is 5.70. The Morgan fingerprint density at radius 3 is 2.53 bits per heavy atom. The number of carbonyl (C=O) groups excluding carboxylic acids is 1. The van der Waals surface area contributed by atoms with E-state index < -0.39 is 15.4 Å². The quantitative estimate of drug-likeness (QED) is 0.904. The van der Waals surface area contributed by atoms with Gasteiger partial charge in [-0.05, 0) is 18.2 Å². The molecule has 0 bridgehead atoms. The SMILES string of the molecule is CC(C)(C)C(=O)CNS(=O)(=O)c1cccc(C#N)c1. The minimum absolute atomic E-state index is 0.0201. The number of nitriles is 1. The Labute approximate surface area is 113 Å². The molecule has 1 rings (SSSR count). The number of carbonyl (C=O) groups is 1. The average Bonchev–Trinajstić information content (AvgIpc) is 2.35. The highest BCUT2D eigenvalue weighted by Crippen LogP contribution is 2.15. The third-order valence-corrected chi connectivity index (χ3v) is 3.93. The molecule has 5 nitrogen and oxygen atoms in total. The summed E-state index contributed by atoms with van der Waals surface area (Å²) in [5.41, 5.74) is -0.346. The van der Waals surface area contributed by atoms with Gasteiger partial charge in [-0.1, -0.05) is 26.8 Å². The highest BCUT2D eigenvalue weighted by molar-refractivity contribution is 7.89. The largest absolute Gasteiger partial charge is 0.298 e. The first-order chi connectivity index (χ1) is 8.66. The lowest BCUT2D eigenvalue weighted by atomic mass is 9.91. The number of Topliss-reactive ketones (excluding diaryl/α,β-unsaturated/α-hetero) is 1. The molecule has 1 aromatic rings. The number of hydrogen-bond acceptors (Lipinski definition) is 4.